The number of nitrogens with zero attached hydrogens (tertiary/aromatic N) is 1. The number of hydrogen-bond donors (Lipinski definition) is 2. The Balaban J connectivity index is 0.000000261. The largest absolute Gasteiger partial charge is 0.508 e. The van der Waals surface area contributed by atoms with Gasteiger partial charge >= 0.3 is 11.9 Å². The molecular formula is C50H59Cl2F4NO5. The predicted octanol–water partition coefficient (Wildman–Crippen LogP) is 15.2. The topological polar surface area (TPSA) is 108 Å². The third-order valence-electron chi connectivity index (χ3n) is 11.6. The van der Waals surface area contributed by atoms with Crippen LogP contribution in [0.4, 0.5) is 17.6 Å². The third-order valence-corrected chi connectivity index (χ3v) is 11.6. The number of carboxylic acids is 1. The van der Waals surface area contributed by atoms with Crippen LogP contribution in [0.2, 0.25) is 0 Å². The van der Waals surface area contributed by atoms with Gasteiger partial charge in [0.1, 0.15) is 46.4 Å². The average molecular weight is 901 g/mol. The summed E-state index contributed by atoms with van der Waals surface area (Å²) >= 11 is 9.53. The van der Waals surface area contributed by atoms with Gasteiger partial charge in [0.15, 0.2) is 0 Å². The Labute approximate surface area is 374 Å². The number of phenolic OH excluding ortho intramolecular Hbond substituents is 1. The highest BCUT2D eigenvalue weighted by Gasteiger charge is 2.24. The number of carbonyl (C=O) groups excluding carboxylic acids is 1. The van der Waals surface area contributed by atoms with Crippen molar-refractivity contribution in [2.45, 2.75) is 128 Å². The molecule has 12 heteroatoms. The number of unbranched alkanes of at least 4 members (excludes halogenated alkanes) is 4. The minimum atomic E-state index is -1.05. The van der Waals surface area contributed by atoms with Gasteiger partial charge in [-0.3, -0.25) is 0 Å². The van der Waals surface area contributed by atoms with Gasteiger partial charge in [-0.15, -0.1) is 23.2 Å². The molecule has 0 aliphatic heterocycles. The summed E-state index contributed by atoms with van der Waals surface area (Å²) in [6.45, 7) is 4.50. The molecule has 0 unspecified atom stereocenters. The van der Waals surface area contributed by atoms with Crippen molar-refractivity contribution in [2.24, 2.45) is 11.8 Å². The van der Waals surface area contributed by atoms with E-state index in [-0.39, 0.29) is 11.1 Å². The Bertz CT molecular complexity index is 1950. The van der Waals surface area contributed by atoms with Gasteiger partial charge in [0, 0.05) is 30.3 Å². The van der Waals surface area contributed by atoms with Gasteiger partial charge in [0.25, 0.3) is 0 Å². The second-order valence-electron chi connectivity index (χ2n) is 16.0. The molecule has 0 spiro atoms. The van der Waals surface area contributed by atoms with E-state index in [1.165, 1.54) is 120 Å². The first-order valence-electron chi connectivity index (χ1n) is 21.6. The lowest BCUT2D eigenvalue weighted by molar-refractivity contribution is 0.0694. The highest BCUT2D eigenvalue weighted by atomic mass is 35.5. The molecule has 0 saturated heterocycles. The zero-order valence-corrected chi connectivity index (χ0v) is 37.2. The maximum absolute atomic E-state index is 13.2. The van der Waals surface area contributed by atoms with E-state index >= 15 is 0 Å². The minimum Gasteiger partial charge on any atom is -0.508 e. The molecule has 6 rings (SSSR count). The first-order valence-corrected chi connectivity index (χ1v) is 22.7. The lowest BCUT2D eigenvalue weighted by Crippen LogP contribution is -2.14. The van der Waals surface area contributed by atoms with E-state index in [9.17, 15) is 27.2 Å². The van der Waals surface area contributed by atoms with Crippen LogP contribution in [0.3, 0.4) is 0 Å². The fraction of sp³-hybridized carbons (Fsp3) is 0.460. The lowest BCUT2D eigenvalue weighted by atomic mass is 9.77. The van der Waals surface area contributed by atoms with Crippen LogP contribution in [0.15, 0.2) is 78.9 Å². The molecule has 2 fully saturated rings. The molecule has 336 valence electrons. The van der Waals surface area contributed by atoms with E-state index < -0.39 is 46.5 Å². The molecule has 2 saturated carbocycles. The van der Waals surface area contributed by atoms with Crippen LogP contribution < -0.4 is 4.74 Å². The van der Waals surface area contributed by atoms with Crippen molar-refractivity contribution in [1.29, 1.82) is 5.26 Å². The van der Waals surface area contributed by atoms with Crippen LogP contribution in [0.25, 0.3) is 0 Å². The SMILES string of the molecule is CCCCCC1CCC(c2ccc(C(=O)O)cc2)CC1.CCCCCC1CCC(c2ccc(C(=O)Oc3cc(F)cc(F)c3)cc2)CC1.ClCCl.N#Cc1c(F)cc(O)cc1F. The number of rotatable bonds is 13. The van der Waals surface area contributed by atoms with Crippen LogP contribution in [0, 0.1) is 46.4 Å². The van der Waals surface area contributed by atoms with Gasteiger partial charge in [-0.2, -0.15) is 5.26 Å². The van der Waals surface area contributed by atoms with Crippen molar-refractivity contribution in [3.8, 4) is 17.6 Å². The molecule has 0 radical (unpaired) electrons. The lowest BCUT2D eigenvalue weighted by Gasteiger charge is -2.29. The molecule has 2 aliphatic carbocycles. The summed E-state index contributed by atoms with van der Waals surface area (Å²) in [6, 6.07) is 20.3. The monoisotopic (exact) mass is 899 g/mol. The highest BCUT2D eigenvalue weighted by molar-refractivity contribution is 6.40. The van der Waals surface area contributed by atoms with E-state index in [0.717, 1.165) is 30.0 Å². The molecule has 2 aliphatic rings. The van der Waals surface area contributed by atoms with Crippen LogP contribution in [0.5, 0.6) is 11.5 Å². The summed E-state index contributed by atoms with van der Waals surface area (Å²) in [6.07, 6.45) is 21.0. The molecule has 0 bridgehead atoms. The van der Waals surface area contributed by atoms with Crippen molar-refractivity contribution in [2.75, 3.05) is 5.34 Å². The van der Waals surface area contributed by atoms with Crippen molar-refractivity contribution in [3.63, 3.8) is 0 Å². The number of aromatic hydroxyl groups is 1. The summed E-state index contributed by atoms with van der Waals surface area (Å²) < 4.78 is 56.5. The van der Waals surface area contributed by atoms with Crippen molar-refractivity contribution >= 4 is 35.1 Å². The number of carboxylic acid groups (broad SMARTS) is 1. The summed E-state index contributed by atoms with van der Waals surface area (Å²) in [7, 11) is 0. The maximum Gasteiger partial charge on any atom is 0.343 e. The second-order valence-corrected chi connectivity index (χ2v) is 16.8. The Morgan fingerprint density at radius 1 is 0.661 bits per heavy atom. The van der Waals surface area contributed by atoms with Crippen LogP contribution in [-0.4, -0.2) is 27.5 Å². The van der Waals surface area contributed by atoms with Crippen LogP contribution >= 0.6 is 23.2 Å². The van der Waals surface area contributed by atoms with E-state index in [1.54, 1.807) is 24.3 Å². The van der Waals surface area contributed by atoms with E-state index in [1.807, 2.05) is 24.3 Å². The van der Waals surface area contributed by atoms with Crippen molar-refractivity contribution < 1.29 is 42.1 Å². The van der Waals surface area contributed by atoms with Crippen molar-refractivity contribution in [3.05, 3.63) is 130 Å². The molecule has 0 atom stereocenters. The Hall–Kier alpha value is -4.59. The molecule has 4 aromatic rings. The number of aromatic carboxylic acids is 1. The summed E-state index contributed by atoms with van der Waals surface area (Å²) in [5.74, 6) is -2.79. The highest BCUT2D eigenvalue weighted by Crippen LogP contribution is 2.39. The molecule has 0 heterocycles. The standard InChI is InChI=1S/C24H28F2O2.C18H26O2.C7H3F2NO.CH2Cl2/c1-2-3-4-5-17-6-8-18(9-7-17)19-10-12-20(13-11-19)24(27)28-23-15-21(25)14-22(26)16-23;1-2-3-4-5-14-6-8-15(9-7-14)16-10-12-17(13-11-16)18(19)20;8-6-1-4(11)2-7(9)5(6)3-10;2-1-3/h10-18H,2-9H2,1H3;10-15H,2-9H2,1H3,(H,19,20);1-2,11H;1H2. The number of phenols is 1. The molecule has 0 amide bonds. The Kier molecular flexibility index (Phi) is 23.5. The van der Waals surface area contributed by atoms with Gasteiger partial charge in [-0.1, -0.05) is 89.5 Å². The quantitative estimate of drug-likeness (QED) is 0.0455. The van der Waals surface area contributed by atoms with Crippen LogP contribution in [-0.2, 0) is 0 Å². The van der Waals surface area contributed by atoms with Gasteiger partial charge in [-0.25, -0.2) is 27.2 Å². The minimum absolute atomic E-state index is 0.132. The molecule has 62 heavy (non-hydrogen) atoms. The summed E-state index contributed by atoms with van der Waals surface area (Å²) in [5.41, 5.74) is 2.66. The fourth-order valence-corrected chi connectivity index (χ4v) is 8.14. The molecule has 4 aromatic carbocycles. The zero-order valence-electron chi connectivity index (χ0n) is 35.7. The number of alkyl halides is 2. The van der Waals surface area contributed by atoms with Crippen molar-refractivity contribution in [1.82, 2.24) is 0 Å². The van der Waals surface area contributed by atoms with Gasteiger partial charge < -0.3 is 14.9 Å². The fourth-order valence-electron chi connectivity index (χ4n) is 8.14. The van der Waals surface area contributed by atoms with Gasteiger partial charge in [-0.05, 0) is 110 Å². The second kappa shape index (κ2) is 28.2. The first kappa shape index (κ1) is 51.8. The Morgan fingerprint density at radius 3 is 1.44 bits per heavy atom. The number of esters is 1. The zero-order chi connectivity index (χ0) is 45.4. The van der Waals surface area contributed by atoms with Gasteiger partial charge in [0.2, 0.25) is 0 Å². The average Bonchev–Trinajstić information content (AvgIpc) is 3.25. The van der Waals surface area contributed by atoms with E-state index in [2.05, 4.69) is 13.8 Å². The van der Waals surface area contributed by atoms with Crippen LogP contribution in [0.1, 0.15) is 166 Å². The summed E-state index contributed by atoms with van der Waals surface area (Å²) in [4.78, 5) is 23.1. The predicted molar refractivity (Wildman–Crippen MR) is 238 cm³/mol. The number of carbonyl (C=O) groups is 2. The Morgan fingerprint density at radius 2 is 1.06 bits per heavy atom. The third kappa shape index (κ3) is 18.0. The first-order chi connectivity index (χ1) is 29.8. The normalized spacial score (nSPS) is 18.0. The van der Waals surface area contributed by atoms with Gasteiger partial charge in [0.05, 0.1) is 16.5 Å². The number of benzene rings is 4. The smallest absolute Gasteiger partial charge is 0.343 e. The molecular weight excluding hydrogens is 841 g/mol. The summed E-state index contributed by atoms with van der Waals surface area (Å²) in [5, 5.41) is 25.9. The van der Waals surface area contributed by atoms with E-state index in [0.29, 0.717) is 35.1 Å². The number of halogens is 6. The molecule has 0 aromatic heterocycles. The molecule has 2 N–H and O–H groups in total. The van der Waals surface area contributed by atoms with E-state index in [4.69, 9.17) is 43.4 Å². The number of nitriles is 1. The number of ether oxygens (including phenoxy) is 1. The number of hydrogen-bond acceptors (Lipinski definition) is 5. The molecule has 6 nitrogen and oxygen atoms in total. The maximum atomic E-state index is 13.2.